The Hall–Kier alpha value is -1.44. The predicted molar refractivity (Wildman–Crippen MR) is 77.6 cm³/mol. The highest BCUT2D eigenvalue weighted by molar-refractivity contribution is 7.27. The van der Waals surface area contributed by atoms with Crippen molar-refractivity contribution in [2.45, 2.75) is 18.4 Å². The first-order valence-electron chi connectivity index (χ1n) is 6.21. The van der Waals surface area contributed by atoms with Crippen LogP contribution in [0.4, 0.5) is 0 Å². The molecule has 0 saturated carbocycles. The first-order chi connectivity index (χ1) is 9.61. The summed E-state index contributed by atoms with van der Waals surface area (Å²) in [6, 6.07) is 3.78. The normalized spacial score (nSPS) is 18.0. The Kier molecular flexibility index (Phi) is 3.49. The van der Waals surface area contributed by atoms with Crippen molar-refractivity contribution in [3.63, 3.8) is 0 Å². The SMILES string of the molecule is O=C(NC1(C(=O)O)CCOCC1)c1cc2sccc2s1. The fourth-order valence-electron chi connectivity index (χ4n) is 2.27. The van der Waals surface area contributed by atoms with Crippen molar-refractivity contribution in [3.05, 3.63) is 22.4 Å². The number of rotatable bonds is 3. The second-order valence-corrected chi connectivity index (χ2v) is 6.74. The van der Waals surface area contributed by atoms with Crippen molar-refractivity contribution in [2.75, 3.05) is 13.2 Å². The molecule has 2 aromatic heterocycles. The monoisotopic (exact) mass is 311 g/mol. The first kappa shape index (κ1) is 13.5. The molecule has 0 radical (unpaired) electrons. The van der Waals surface area contributed by atoms with E-state index in [9.17, 15) is 14.7 Å². The van der Waals surface area contributed by atoms with Crippen LogP contribution in [0, 0.1) is 0 Å². The zero-order chi connectivity index (χ0) is 14.2. The summed E-state index contributed by atoms with van der Waals surface area (Å²) >= 11 is 2.96. The lowest BCUT2D eigenvalue weighted by Gasteiger charge is -2.33. The summed E-state index contributed by atoms with van der Waals surface area (Å²) in [5.74, 6) is -1.31. The van der Waals surface area contributed by atoms with Crippen molar-refractivity contribution < 1.29 is 19.4 Å². The zero-order valence-electron chi connectivity index (χ0n) is 10.5. The highest BCUT2D eigenvalue weighted by Crippen LogP contribution is 2.31. The molecular formula is C13H13NO4S2. The van der Waals surface area contributed by atoms with Gasteiger partial charge in [0.1, 0.15) is 5.54 Å². The molecule has 2 N–H and O–H groups in total. The number of carbonyl (C=O) groups is 2. The molecule has 3 heterocycles. The highest BCUT2D eigenvalue weighted by atomic mass is 32.1. The summed E-state index contributed by atoms with van der Waals surface area (Å²) in [6.07, 6.45) is 0.599. The maximum atomic E-state index is 12.3. The van der Waals surface area contributed by atoms with E-state index in [0.29, 0.717) is 30.9 Å². The van der Waals surface area contributed by atoms with Crippen molar-refractivity contribution in [2.24, 2.45) is 0 Å². The quantitative estimate of drug-likeness (QED) is 0.912. The van der Waals surface area contributed by atoms with Crippen LogP contribution in [0.25, 0.3) is 9.40 Å². The second kappa shape index (κ2) is 5.16. The molecule has 0 spiro atoms. The minimum absolute atomic E-state index is 0.299. The Balaban J connectivity index is 1.83. The minimum Gasteiger partial charge on any atom is -0.480 e. The van der Waals surface area contributed by atoms with Crippen LogP contribution < -0.4 is 5.32 Å². The molecule has 0 unspecified atom stereocenters. The lowest BCUT2D eigenvalue weighted by atomic mass is 9.90. The van der Waals surface area contributed by atoms with E-state index >= 15 is 0 Å². The molecule has 1 aliphatic heterocycles. The fourth-order valence-corrected chi connectivity index (χ4v) is 4.27. The summed E-state index contributed by atoms with van der Waals surface area (Å²) < 4.78 is 7.29. The van der Waals surface area contributed by atoms with E-state index in [2.05, 4.69) is 5.32 Å². The van der Waals surface area contributed by atoms with E-state index in [0.717, 1.165) is 9.40 Å². The minimum atomic E-state index is -1.20. The molecule has 3 rings (SSSR count). The Morgan fingerprint density at radius 2 is 2.05 bits per heavy atom. The van der Waals surface area contributed by atoms with Gasteiger partial charge in [-0.15, -0.1) is 22.7 Å². The smallest absolute Gasteiger partial charge is 0.329 e. The number of carboxylic acid groups (broad SMARTS) is 1. The van der Waals surface area contributed by atoms with Gasteiger partial charge in [0.25, 0.3) is 5.91 Å². The first-order valence-corrected chi connectivity index (χ1v) is 7.91. The van der Waals surface area contributed by atoms with E-state index in [1.54, 1.807) is 11.3 Å². The number of aliphatic carboxylic acids is 1. The number of carboxylic acids is 1. The number of thiophene rings is 2. The Labute approximate surface area is 123 Å². The van der Waals surface area contributed by atoms with Crippen LogP contribution in [0.1, 0.15) is 22.5 Å². The molecule has 2 aromatic rings. The molecule has 106 valence electrons. The average Bonchev–Trinajstić information content (AvgIpc) is 3.00. The molecule has 1 saturated heterocycles. The van der Waals surface area contributed by atoms with Crippen LogP contribution in [0.2, 0.25) is 0 Å². The molecule has 0 aliphatic carbocycles. The van der Waals surface area contributed by atoms with Crippen molar-refractivity contribution >= 4 is 43.9 Å². The van der Waals surface area contributed by atoms with E-state index in [1.807, 2.05) is 17.5 Å². The molecule has 0 bridgehead atoms. The van der Waals surface area contributed by atoms with E-state index in [-0.39, 0.29) is 5.91 Å². The maximum absolute atomic E-state index is 12.3. The number of carbonyl (C=O) groups excluding carboxylic acids is 1. The molecule has 0 aromatic carbocycles. The lowest BCUT2D eigenvalue weighted by molar-refractivity contribution is -0.148. The molecule has 7 heteroatoms. The molecule has 0 atom stereocenters. The molecule has 20 heavy (non-hydrogen) atoms. The Morgan fingerprint density at radius 1 is 1.30 bits per heavy atom. The zero-order valence-corrected chi connectivity index (χ0v) is 12.2. The Morgan fingerprint density at radius 3 is 2.70 bits per heavy atom. The van der Waals surface area contributed by atoms with Gasteiger partial charge in [-0.3, -0.25) is 4.79 Å². The summed E-state index contributed by atoms with van der Waals surface area (Å²) in [5.41, 5.74) is -1.20. The summed E-state index contributed by atoms with van der Waals surface area (Å²) in [5, 5.41) is 14.1. The second-order valence-electron chi connectivity index (χ2n) is 4.71. The lowest BCUT2D eigenvalue weighted by Crippen LogP contribution is -2.57. The van der Waals surface area contributed by atoms with Gasteiger partial charge in [-0.2, -0.15) is 0 Å². The van der Waals surface area contributed by atoms with Gasteiger partial charge < -0.3 is 15.2 Å². The van der Waals surface area contributed by atoms with Gasteiger partial charge in [-0.05, 0) is 17.5 Å². The van der Waals surface area contributed by atoms with Crippen LogP contribution in [-0.4, -0.2) is 35.7 Å². The van der Waals surface area contributed by atoms with E-state index < -0.39 is 11.5 Å². The Bertz CT molecular complexity index is 626. The van der Waals surface area contributed by atoms with Gasteiger partial charge in [-0.1, -0.05) is 0 Å². The van der Waals surface area contributed by atoms with Crippen LogP contribution in [0.3, 0.4) is 0 Å². The third kappa shape index (κ3) is 2.32. The molecule has 1 aliphatic rings. The van der Waals surface area contributed by atoms with Gasteiger partial charge in [0.2, 0.25) is 0 Å². The number of hydrogen-bond donors (Lipinski definition) is 2. The van der Waals surface area contributed by atoms with Crippen LogP contribution in [0.15, 0.2) is 17.5 Å². The summed E-state index contributed by atoms with van der Waals surface area (Å²) in [4.78, 5) is 24.3. The van der Waals surface area contributed by atoms with Crippen molar-refractivity contribution in [1.82, 2.24) is 5.32 Å². The topological polar surface area (TPSA) is 75.6 Å². The van der Waals surface area contributed by atoms with Crippen LogP contribution in [-0.2, 0) is 9.53 Å². The third-order valence-corrected chi connectivity index (χ3v) is 5.56. The predicted octanol–water partition coefficient (Wildman–Crippen LogP) is 2.33. The molecule has 1 amide bonds. The number of hydrogen-bond acceptors (Lipinski definition) is 5. The van der Waals surface area contributed by atoms with Crippen molar-refractivity contribution in [3.8, 4) is 0 Å². The van der Waals surface area contributed by atoms with Crippen LogP contribution >= 0.6 is 22.7 Å². The average molecular weight is 311 g/mol. The third-order valence-electron chi connectivity index (χ3n) is 3.47. The van der Waals surface area contributed by atoms with Gasteiger partial charge in [0.05, 0.1) is 4.88 Å². The largest absolute Gasteiger partial charge is 0.480 e. The van der Waals surface area contributed by atoms with Gasteiger partial charge >= 0.3 is 5.97 Å². The van der Waals surface area contributed by atoms with E-state index in [4.69, 9.17) is 4.74 Å². The summed E-state index contributed by atoms with van der Waals surface area (Å²) in [6.45, 7) is 0.707. The van der Waals surface area contributed by atoms with Gasteiger partial charge in [0.15, 0.2) is 0 Å². The highest BCUT2D eigenvalue weighted by Gasteiger charge is 2.41. The number of amides is 1. The van der Waals surface area contributed by atoms with Crippen LogP contribution in [0.5, 0.6) is 0 Å². The van der Waals surface area contributed by atoms with Crippen molar-refractivity contribution in [1.29, 1.82) is 0 Å². The van der Waals surface area contributed by atoms with Gasteiger partial charge in [0, 0.05) is 35.5 Å². The summed E-state index contributed by atoms with van der Waals surface area (Å²) in [7, 11) is 0. The standard InChI is InChI=1S/C13H13NO4S2/c15-11(10-7-9-8(20-10)1-6-19-9)14-13(12(16)17)2-4-18-5-3-13/h1,6-7H,2-5H2,(H,14,15)(H,16,17). The molecular weight excluding hydrogens is 298 g/mol. The molecule has 5 nitrogen and oxygen atoms in total. The van der Waals surface area contributed by atoms with Gasteiger partial charge in [-0.25, -0.2) is 4.79 Å². The number of fused-ring (bicyclic) bond motifs is 1. The maximum Gasteiger partial charge on any atom is 0.329 e. The number of ether oxygens (including phenoxy) is 1. The molecule has 1 fully saturated rings. The van der Waals surface area contributed by atoms with E-state index in [1.165, 1.54) is 11.3 Å². The fraction of sp³-hybridized carbons (Fsp3) is 0.385. The number of nitrogens with one attached hydrogen (secondary N) is 1.